The van der Waals surface area contributed by atoms with Gasteiger partial charge in [0, 0.05) is 58.4 Å². The van der Waals surface area contributed by atoms with Crippen molar-refractivity contribution in [2.75, 3.05) is 41.8 Å². The number of hydrogen-bond donors (Lipinski definition) is 3. The van der Waals surface area contributed by atoms with E-state index in [1.54, 1.807) is 0 Å². The number of hydrogen-bond acceptors (Lipinski definition) is 4. The number of amides is 2. The third kappa shape index (κ3) is 5.46. The zero-order valence-corrected chi connectivity index (χ0v) is 22.2. The van der Waals surface area contributed by atoms with E-state index in [2.05, 4.69) is 20.5 Å². The zero-order valence-electron chi connectivity index (χ0n) is 22.2. The number of carbonyl (C=O) groups is 2. The van der Waals surface area contributed by atoms with Gasteiger partial charge in [0.2, 0.25) is 0 Å². The number of rotatable bonds is 6. The monoisotopic (exact) mass is 530 g/mol. The number of fused-ring (bicyclic) bond motifs is 1. The first kappa shape index (κ1) is 25.4. The molecule has 3 N–H and O–H groups in total. The van der Waals surface area contributed by atoms with Crippen molar-refractivity contribution in [2.24, 2.45) is 0 Å². The van der Waals surface area contributed by atoms with Crippen LogP contribution in [0.3, 0.4) is 0 Å². The number of anilines is 3. The molecule has 0 bridgehead atoms. The fraction of sp³-hybridized carbons (Fsp3) is 0.152. The third-order valence-electron chi connectivity index (χ3n) is 7.27. The van der Waals surface area contributed by atoms with Crippen molar-refractivity contribution in [3.8, 4) is 11.1 Å². The number of carbonyl (C=O) groups excluding carboxylic acids is 2. The van der Waals surface area contributed by atoms with Crippen molar-refractivity contribution >= 4 is 39.8 Å². The summed E-state index contributed by atoms with van der Waals surface area (Å²) < 4.78 is 5.43. The van der Waals surface area contributed by atoms with Crippen LogP contribution in [-0.2, 0) is 4.74 Å². The lowest BCUT2D eigenvalue weighted by Gasteiger charge is -2.28. The molecule has 0 atom stereocenters. The van der Waals surface area contributed by atoms with E-state index in [-0.39, 0.29) is 11.8 Å². The quantitative estimate of drug-likeness (QED) is 0.234. The predicted octanol–water partition coefficient (Wildman–Crippen LogP) is 6.48. The predicted molar refractivity (Wildman–Crippen MR) is 160 cm³/mol. The highest BCUT2D eigenvalue weighted by Crippen LogP contribution is 2.27. The van der Waals surface area contributed by atoms with Crippen LogP contribution in [0.15, 0.2) is 97.2 Å². The summed E-state index contributed by atoms with van der Waals surface area (Å²) in [6, 6.07) is 28.8. The maximum Gasteiger partial charge on any atom is 0.255 e. The van der Waals surface area contributed by atoms with Gasteiger partial charge in [-0.05, 0) is 96.4 Å². The first-order valence-electron chi connectivity index (χ1n) is 13.4. The fourth-order valence-electron chi connectivity index (χ4n) is 4.99. The molecule has 40 heavy (non-hydrogen) atoms. The van der Waals surface area contributed by atoms with Crippen LogP contribution in [0.2, 0.25) is 0 Å². The smallest absolute Gasteiger partial charge is 0.255 e. The second kappa shape index (κ2) is 11.1. The average molecular weight is 531 g/mol. The van der Waals surface area contributed by atoms with E-state index in [4.69, 9.17) is 4.74 Å². The molecule has 0 radical (unpaired) electrons. The van der Waals surface area contributed by atoms with Gasteiger partial charge in [-0.3, -0.25) is 9.59 Å². The van der Waals surface area contributed by atoms with Crippen molar-refractivity contribution in [1.29, 1.82) is 0 Å². The van der Waals surface area contributed by atoms with Crippen molar-refractivity contribution in [1.82, 2.24) is 4.98 Å². The molecule has 200 valence electrons. The minimum absolute atomic E-state index is 0.171. The van der Waals surface area contributed by atoms with Crippen LogP contribution in [0.1, 0.15) is 26.3 Å². The van der Waals surface area contributed by atoms with Crippen LogP contribution in [0.5, 0.6) is 0 Å². The molecule has 7 nitrogen and oxygen atoms in total. The molecule has 2 amide bonds. The second-order valence-corrected chi connectivity index (χ2v) is 9.94. The van der Waals surface area contributed by atoms with E-state index < -0.39 is 0 Å². The molecule has 6 rings (SSSR count). The fourth-order valence-corrected chi connectivity index (χ4v) is 4.99. The molecule has 1 aromatic heterocycles. The maximum atomic E-state index is 13.1. The Hall–Kier alpha value is -4.88. The van der Waals surface area contributed by atoms with Crippen LogP contribution in [0, 0.1) is 6.92 Å². The Morgan fingerprint density at radius 3 is 2.20 bits per heavy atom. The van der Waals surface area contributed by atoms with Gasteiger partial charge in [0.05, 0.1) is 13.2 Å². The summed E-state index contributed by atoms with van der Waals surface area (Å²) in [6.07, 6.45) is 1.87. The number of ether oxygens (including phenoxy) is 1. The Balaban J connectivity index is 1.13. The molecule has 5 aromatic rings. The molecular formula is C33H30N4O3. The minimum Gasteiger partial charge on any atom is -0.378 e. The van der Waals surface area contributed by atoms with Crippen molar-refractivity contribution < 1.29 is 14.3 Å². The van der Waals surface area contributed by atoms with Gasteiger partial charge < -0.3 is 25.3 Å². The number of nitrogens with one attached hydrogen (secondary N) is 3. The van der Waals surface area contributed by atoms with Crippen LogP contribution in [0.4, 0.5) is 17.1 Å². The first-order chi connectivity index (χ1) is 19.5. The normalized spacial score (nSPS) is 13.3. The van der Waals surface area contributed by atoms with Gasteiger partial charge in [-0.2, -0.15) is 0 Å². The largest absolute Gasteiger partial charge is 0.378 e. The molecule has 0 saturated carbocycles. The van der Waals surface area contributed by atoms with Gasteiger partial charge in [0.15, 0.2) is 0 Å². The Morgan fingerprint density at radius 2 is 1.43 bits per heavy atom. The van der Waals surface area contributed by atoms with E-state index in [1.807, 2.05) is 104 Å². The lowest BCUT2D eigenvalue weighted by molar-refractivity contribution is 0.101. The van der Waals surface area contributed by atoms with Crippen molar-refractivity contribution in [3.05, 3.63) is 114 Å². The number of H-pyrrole nitrogens is 1. The highest BCUT2D eigenvalue weighted by atomic mass is 16.5. The van der Waals surface area contributed by atoms with Crippen LogP contribution >= 0.6 is 0 Å². The standard InChI is InChI=1S/C33H30N4O3/c1-22-2-3-26(33(39)35-27-8-11-29(12-9-27)37-16-18-40-19-17-37)21-30(22)23-4-6-24(7-5-23)32(38)36-28-10-13-31-25(20-28)14-15-34-31/h2-15,20-21,34H,16-19H2,1H3,(H,35,39)(H,36,38). The highest BCUT2D eigenvalue weighted by Gasteiger charge is 2.14. The SMILES string of the molecule is Cc1ccc(C(=O)Nc2ccc(N3CCOCC3)cc2)cc1-c1ccc(C(=O)Nc2ccc3[nH]ccc3c2)cc1. The number of morpholine rings is 1. The third-order valence-corrected chi connectivity index (χ3v) is 7.27. The Bertz CT molecular complexity index is 1670. The maximum absolute atomic E-state index is 13.1. The first-order valence-corrected chi connectivity index (χ1v) is 13.4. The molecule has 1 saturated heterocycles. The van der Waals surface area contributed by atoms with E-state index in [9.17, 15) is 9.59 Å². The Kier molecular flexibility index (Phi) is 7.04. The molecule has 2 heterocycles. The summed E-state index contributed by atoms with van der Waals surface area (Å²) in [4.78, 5) is 31.4. The van der Waals surface area contributed by atoms with Crippen LogP contribution in [-0.4, -0.2) is 43.1 Å². The van der Waals surface area contributed by atoms with Gasteiger partial charge in [-0.1, -0.05) is 18.2 Å². The van der Waals surface area contributed by atoms with Crippen LogP contribution < -0.4 is 15.5 Å². The molecule has 0 spiro atoms. The number of aromatic amines is 1. The van der Waals surface area contributed by atoms with Gasteiger partial charge in [0.1, 0.15) is 0 Å². The zero-order chi connectivity index (χ0) is 27.5. The molecule has 1 fully saturated rings. The number of aromatic nitrogens is 1. The van der Waals surface area contributed by atoms with Gasteiger partial charge in [-0.15, -0.1) is 0 Å². The summed E-state index contributed by atoms with van der Waals surface area (Å²) in [5.74, 6) is -0.346. The average Bonchev–Trinajstić information content (AvgIpc) is 3.46. The summed E-state index contributed by atoms with van der Waals surface area (Å²) in [7, 11) is 0. The van der Waals surface area contributed by atoms with Crippen LogP contribution in [0.25, 0.3) is 22.0 Å². The second-order valence-electron chi connectivity index (χ2n) is 9.94. The lowest BCUT2D eigenvalue weighted by atomic mass is 9.97. The Labute approximate surface area is 232 Å². The Morgan fingerprint density at radius 1 is 0.750 bits per heavy atom. The van der Waals surface area contributed by atoms with E-state index in [0.29, 0.717) is 11.1 Å². The molecule has 0 unspecified atom stereocenters. The van der Waals surface area contributed by atoms with Gasteiger partial charge in [0.25, 0.3) is 11.8 Å². The molecular weight excluding hydrogens is 500 g/mol. The van der Waals surface area contributed by atoms with E-state index >= 15 is 0 Å². The summed E-state index contributed by atoms with van der Waals surface area (Å²) in [6.45, 7) is 5.21. The summed E-state index contributed by atoms with van der Waals surface area (Å²) in [5.41, 5.74) is 7.69. The van der Waals surface area contributed by atoms with E-state index in [0.717, 1.165) is 71.0 Å². The lowest BCUT2D eigenvalue weighted by Crippen LogP contribution is -2.36. The molecule has 1 aliphatic heterocycles. The number of benzene rings is 4. The van der Waals surface area contributed by atoms with E-state index in [1.165, 1.54) is 0 Å². The summed E-state index contributed by atoms with van der Waals surface area (Å²) in [5, 5.41) is 7.01. The number of aryl methyl sites for hydroxylation is 1. The van der Waals surface area contributed by atoms with Gasteiger partial charge in [-0.25, -0.2) is 0 Å². The molecule has 7 heteroatoms. The topological polar surface area (TPSA) is 86.5 Å². The molecule has 4 aromatic carbocycles. The molecule has 0 aliphatic carbocycles. The van der Waals surface area contributed by atoms with Crippen molar-refractivity contribution in [3.63, 3.8) is 0 Å². The molecule has 1 aliphatic rings. The van der Waals surface area contributed by atoms with Crippen molar-refractivity contribution in [2.45, 2.75) is 6.92 Å². The minimum atomic E-state index is -0.175. The van der Waals surface area contributed by atoms with Gasteiger partial charge >= 0.3 is 0 Å². The summed E-state index contributed by atoms with van der Waals surface area (Å²) >= 11 is 0. The number of nitrogens with zero attached hydrogens (tertiary/aromatic N) is 1. The highest BCUT2D eigenvalue weighted by molar-refractivity contribution is 6.06.